The van der Waals surface area contributed by atoms with E-state index < -0.39 is 0 Å². The minimum atomic E-state index is -0.118. The predicted molar refractivity (Wildman–Crippen MR) is 133 cm³/mol. The highest BCUT2D eigenvalue weighted by atomic mass is 16.5. The quantitative estimate of drug-likeness (QED) is 0.507. The second-order valence-corrected chi connectivity index (χ2v) is 9.46. The summed E-state index contributed by atoms with van der Waals surface area (Å²) in [5, 5.41) is 0. The van der Waals surface area contributed by atoms with E-state index in [1.54, 1.807) is 5.57 Å². The normalized spacial score (nSPS) is 25.8. The largest absolute Gasteiger partial charge is 0.463 e. The van der Waals surface area contributed by atoms with Crippen molar-refractivity contribution in [1.29, 1.82) is 0 Å². The highest BCUT2D eigenvalue weighted by Crippen LogP contribution is 2.45. The molecule has 2 nitrogen and oxygen atoms in total. The van der Waals surface area contributed by atoms with Gasteiger partial charge >= 0.3 is 0 Å². The van der Waals surface area contributed by atoms with Gasteiger partial charge in [0, 0.05) is 23.7 Å². The summed E-state index contributed by atoms with van der Waals surface area (Å²) in [7, 11) is 2.18. The Kier molecular flexibility index (Phi) is 5.78. The summed E-state index contributed by atoms with van der Waals surface area (Å²) < 4.78 is 6.83. The maximum Gasteiger partial charge on any atom is 0.199 e. The molecule has 2 aromatic carbocycles. The average Bonchev–Trinajstić information content (AvgIpc) is 3.17. The standard InChI is InChI=1S/C30H33NO/c1-21-12-10-18-25(20-21)27-22(2)13-11-19-26(27)30-31(3)28(23-14-6-4-7-15-23)29(32-30)24-16-8-5-9-17-24/h4-9,11,14-17,19-22,30H,10,12-13,18H2,1-3H3. The van der Waals surface area contributed by atoms with Gasteiger partial charge in [-0.2, -0.15) is 0 Å². The molecular formula is C30H33NO. The molecule has 1 aliphatic heterocycles. The molecule has 0 radical (unpaired) electrons. The summed E-state index contributed by atoms with van der Waals surface area (Å²) in [5.41, 5.74) is 7.86. The van der Waals surface area contributed by atoms with Gasteiger partial charge < -0.3 is 9.64 Å². The van der Waals surface area contributed by atoms with Crippen molar-refractivity contribution >= 4 is 11.5 Å². The van der Waals surface area contributed by atoms with Crippen LogP contribution in [0.25, 0.3) is 11.5 Å². The van der Waals surface area contributed by atoms with Gasteiger partial charge in [0.2, 0.25) is 0 Å². The van der Waals surface area contributed by atoms with E-state index in [1.165, 1.54) is 36.0 Å². The zero-order valence-corrected chi connectivity index (χ0v) is 19.4. The van der Waals surface area contributed by atoms with Crippen LogP contribution in [-0.2, 0) is 4.74 Å². The molecule has 3 unspecified atom stereocenters. The zero-order valence-electron chi connectivity index (χ0n) is 19.4. The number of benzene rings is 2. The smallest absolute Gasteiger partial charge is 0.199 e. The Hall–Kier alpha value is -3.00. The topological polar surface area (TPSA) is 12.5 Å². The maximum atomic E-state index is 6.83. The fourth-order valence-corrected chi connectivity index (χ4v) is 5.48. The summed E-state index contributed by atoms with van der Waals surface area (Å²) in [6.07, 6.45) is 11.9. The van der Waals surface area contributed by atoms with Gasteiger partial charge in [-0.05, 0) is 48.7 Å². The van der Waals surface area contributed by atoms with Gasteiger partial charge in [-0.15, -0.1) is 0 Å². The van der Waals surface area contributed by atoms with Gasteiger partial charge in [0.25, 0.3) is 0 Å². The average molecular weight is 424 g/mol. The third-order valence-corrected chi connectivity index (χ3v) is 7.03. The van der Waals surface area contributed by atoms with Crippen LogP contribution in [0.3, 0.4) is 0 Å². The Morgan fingerprint density at radius 2 is 1.59 bits per heavy atom. The monoisotopic (exact) mass is 423 g/mol. The molecule has 0 bridgehead atoms. The number of nitrogens with zero attached hydrogens (tertiary/aromatic N) is 1. The van der Waals surface area contributed by atoms with E-state index in [9.17, 15) is 0 Å². The Morgan fingerprint density at radius 3 is 2.28 bits per heavy atom. The Labute approximate surface area is 192 Å². The second-order valence-electron chi connectivity index (χ2n) is 9.46. The van der Waals surface area contributed by atoms with Gasteiger partial charge in [0.1, 0.15) is 0 Å². The Morgan fingerprint density at radius 1 is 0.906 bits per heavy atom. The lowest BCUT2D eigenvalue weighted by Gasteiger charge is -2.33. The first-order chi connectivity index (χ1) is 15.6. The summed E-state index contributed by atoms with van der Waals surface area (Å²) in [5.74, 6) is 2.14. The Balaban J connectivity index is 1.62. The van der Waals surface area contributed by atoms with E-state index in [2.05, 4.69) is 105 Å². The highest BCUT2D eigenvalue weighted by molar-refractivity contribution is 5.88. The van der Waals surface area contributed by atoms with Crippen LogP contribution in [0.2, 0.25) is 0 Å². The van der Waals surface area contributed by atoms with Crippen LogP contribution in [0.4, 0.5) is 0 Å². The van der Waals surface area contributed by atoms with Crippen molar-refractivity contribution in [3.63, 3.8) is 0 Å². The lowest BCUT2D eigenvalue weighted by Crippen LogP contribution is -2.31. The number of likely N-dealkylation sites (N-methyl/N-ethyl adjacent to an activating group) is 1. The zero-order chi connectivity index (χ0) is 22.1. The molecule has 2 aliphatic carbocycles. The molecule has 0 saturated carbocycles. The third kappa shape index (κ3) is 3.83. The molecule has 2 aromatic rings. The highest BCUT2D eigenvalue weighted by Gasteiger charge is 2.37. The van der Waals surface area contributed by atoms with Gasteiger partial charge in [-0.1, -0.05) is 92.7 Å². The molecule has 164 valence electrons. The van der Waals surface area contributed by atoms with Crippen molar-refractivity contribution < 1.29 is 4.74 Å². The first-order valence-electron chi connectivity index (χ1n) is 12.0. The van der Waals surface area contributed by atoms with E-state index in [0.717, 1.165) is 23.4 Å². The number of hydrogen-bond acceptors (Lipinski definition) is 2. The molecule has 0 aromatic heterocycles. The molecule has 32 heavy (non-hydrogen) atoms. The van der Waals surface area contributed by atoms with Crippen molar-refractivity contribution in [2.24, 2.45) is 11.8 Å². The first kappa shape index (κ1) is 20.9. The lowest BCUT2D eigenvalue weighted by atomic mass is 9.78. The van der Waals surface area contributed by atoms with E-state index >= 15 is 0 Å². The molecule has 0 saturated heterocycles. The van der Waals surface area contributed by atoms with Crippen LogP contribution >= 0.6 is 0 Å². The molecule has 0 spiro atoms. The number of hydrogen-bond donors (Lipinski definition) is 0. The summed E-state index contributed by atoms with van der Waals surface area (Å²) in [6.45, 7) is 4.72. The lowest BCUT2D eigenvalue weighted by molar-refractivity contribution is 0.124. The fraction of sp³-hybridized carbons (Fsp3) is 0.333. The van der Waals surface area contributed by atoms with Crippen LogP contribution in [-0.4, -0.2) is 18.2 Å². The molecule has 3 atom stereocenters. The van der Waals surface area contributed by atoms with E-state index in [4.69, 9.17) is 4.74 Å². The van der Waals surface area contributed by atoms with Crippen molar-refractivity contribution in [2.45, 2.75) is 45.8 Å². The summed E-state index contributed by atoms with van der Waals surface area (Å²) in [6, 6.07) is 21.2. The molecule has 0 fully saturated rings. The van der Waals surface area contributed by atoms with Crippen LogP contribution in [0, 0.1) is 11.8 Å². The van der Waals surface area contributed by atoms with Gasteiger partial charge in [0.15, 0.2) is 12.0 Å². The fourth-order valence-electron chi connectivity index (χ4n) is 5.48. The minimum Gasteiger partial charge on any atom is -0.463 e. The maximum absolute atomic E-state index is 6.83. The van der Waals surface area contributed by atoms with Gasteiger partial charge in [-0.25, -0.2) is 0 Å². The predicted octanol–water partition coefficient (Wildman–Crippen LogP) is 7.44. The molecule has 3 aliphatic rings. The summed E-state index contributed by atoms with van der Waals surface area (Å²) in [4.78, 5) is 2.34. The second kappa shape index (κ2) is 8.86. The van der Waals surface area contributed by atoms with Gasteiger partial charge in [-0.3, -0.25) is 0 Å². The Bertz CT molecular complexity index is 1090. The molecule has 5 rings (SSSR count). The third-order valence-electron chi connectivity index (χ3n) is 7.03. The molecule has 0 amide bonds. The van der Waals surface area contributed by atoms with Gasteiger partial charge in [0.05, 0.1) is 5.70 Å². The van der Waals surface area contributed by atoms with Crippen LogP contribution < -0.4 is 0 Å². The molecule has 2 heteroatoms. The van der Waals surface area contributed by atoms with Crippen LogP contribution in [0.5, 0.6) is 0 Å². The molecule has 0 N–H and O–H groups in total. The molecule has 1 heterocycles. The minimum absolute atomic E-state index is 0.118. The SMILES string of the molecule is CC1C=C(C2=C(C3OC(c4ccccc4)=C(c4ccccc4)N3C)C=CCC2C)CCC1. The van der Waals surface area contributed by atoms with Crippen molar-refractivity contribution in [3.8, 4) is 0 Å². The number of rotatable bonds is 4. The van der Waals surface area contributed by atoms with E-state index in [-0.39, 0.29) is 6.23 Å². The van der Waals surface area contributed by atoms with Crippen LogP contribution in [0.1, 0.15) is 50.7 Å². The van der Waals surface area contributed by atoms with Crippen molar-refractivity contribution in [1.82, 2.24) is 4.90 Å². The van der Waals surface area contributed by atoms with Crippen molar-refractivity contribution in [2.75, 3.05) is 7.05 Å². The van der Waals surface area contributed by atoms with E-state index in [1.807, 2.05) is 0 Å². The van der Waals surface area contributed by atoms with Crippen LogP contribution in [0.15, 0.2) is 95.6 Å². The van der Waals surface area contributed by atoms with Crippen molar-refractivity contribution in [3.05, 3.63) is 107 Å². The number of ether oxygens (including phenoxy) is 1. The summed E-state index contributed by atoms with van der Waals surface area (Å²) >= 11 is 0. The van der Waals surface area contributed by atoms with E-state index in [0.29, 0.717) is 11.8 Å². The number of allylic oxidation sites excluding steroid dienone is 4. The first-order valence-corrected chi connectivity index (χ1v) is 12.0. The molecular weight excluding hydrogens is 390 g/mol.